The van der Waals surface area contributed by atoms with Crippen LogP contribution in [0.1, 0.15) is 30.0 Å². The molecule has 1 aliphatic carbocycles. The Hall–Kier alpha value is -2.10. The molecule has 0 saturated heterocycles. The van der Waals surface area contributed by atoms with Crippen LogP contribution in [0.4, 0.5) is 0 Å². The summed E-state index contributed by atoms with van der Waals surface area (Å²) in [5, 5.41) is 19.6. The molecule has 2 aromatic rings. The summed E-state index contributed by atoms with van der Waals surface area (Å²) in [6, 6.07) is 5.21. The van der Waals surface area contributed by atoms with E-state index >= 15 is 0 Å². The summed E-state index contributed by atoms with van der Waals surface area (Å²) in [6.07, 6.45) is 3.81. The zero-order valence-electron chi connectivity index (χ0n) is 10.1. The van der Waals surface area contributed by atoms with Crippen LogP contribution < -0.4 is 0 Å². The van der Waals surface area contributed by atoms with Gasteiger partial charge >= 0.3 is 0 Å². The van der Waals surface area contributed by atoms with Crippen LogP contribution in [0.3, 0.4) is 0 Å². The number of phenolic OH excluding ortho intramolecular Hbond substituents is 2. The van der Waals surface area contributed by atoms with E-state index in [0.29, 0.717) is 11.7 Å². The second-order valence-electron chi connectivity index (χ2n) is 4.73. The lowest BCUT2D eigenvalue weighted by Crippen LogP contribution is -1.92. The van der Waals surface area contributed by atoms with E-state index in [-0.39, 0.29) is 11.5 Å². The van der Waals surface area contributed by atoms with E-state index in [9.17, 15) is 10.2 Å². The van der Waals surface area contributed by atoms with Crippen LogP contribution in [0.2, 0.25) is 0 Å². The highest BCUT2D eigenvalue weighted by molar-refractivity contribution is 5.64. The lowest BCUT2D eigenvalue weighted by Gasteiger charge is -2.08. The standard InChI is InChI=1S/C14H14N2O2/c1-8-4-5-15-14(16-8)10-6-11(9-2-3-9)13(18)12(17)7-10/h4-7,9,17-18H,2-3H2,1H3. The average Bonchev–Trinajstić information content (AvgIpc) is 3.16. The van der Waals surface area contributed by atoms with Crippen molar-refractivity contribution in [1.82, 2.24) is 9.97 Å². The van der Waals surface area contributed by atoms with Crippen molar-refractivity contribution in [1.29, 1.82) is 0 Å². The first kappa shape index (κ1) is 11.0. The van der Waals surface area contributed by atoms with E-state index in [4.69, 9.17) is 0 Å². The lowest BCUT2D eigenvalue weighted by molar-refractivity contribution is 0.399. The first-order valence-corrected chi connectivity index (χ1v) is 6.01. The third-order valence-electron chi connectivity index (χ3n) is 3.19. The molecule has 3 rings (SSSR count). The predicted molar refractivity (Wildman–Crippen MR) is 67.5 cm³/mol. The number of aromatic nitrogens is 2. The first-order chi connectivity index (χ1) is 8.65. The fourth-order valence-electron chi connectivity index (χ4n) is 2.06. The van der Waals surface area contributed by atoms with Crippen LogP contribution in [0.5, 0.6) is 11.5 Å². The number of rotatable bonds is 2. The van der Waals surface area contributed by atoms with Gasteiger partial charge in [0.15, 0.2) is 17.3 Å². The Balaban J connectivity index is 2.12. The Labute approximate surface area is 105 Å². The van der Waals surface area contributed by atoms with E-state index in [1.165, 1.54) is 6.07 Å². The Morgan fingerprint density at radius 3 is 2.67 bits per heavy atom. The van der Waals surface area contributed by atoms with Crippen LogP contribution >= 0.6 is 0 Å². The maximum atomic E-state index is 9.84. The van der Waals surface area contributed by atoms with Crippen molar-refractivity contribution < 1.29 is 10.2 Å². The van der Waals surface area contributed by atoms with Gasteiger partial charge < -0.3 is 10.2 Å². The van der Waals surface area contributed by atoms with Crippen molar-refractivity contribution in [2.24, 2.45) is 0 Å². The van der Waals surface area contributed by atoms with Crippen LogP contribution in [-0.4, -0.2) is 20.2 Å². The van der Waals surface area contributed by atoms with Crippen LogP contribution in [0, 0.1) is 6.92 Å². The van der Waals surface area contributed by atoms with E-state index in [2.05, 4.69) is 9.97 Å². The first-order valence-electron chi connectivity index (χ1n) is 6.01. The minimum atomic E-state index is -0.0977. The monoisotopic (exact) mass is 242 g/mol. The highest BCUT2D eigenvalue weighted by atomic mass is 16.3. The summed E-state index contributed by atoms with van der Waals surface area (Å²) >= 11 is 0. The quantitative estimate of drug-likeness (QED) is 0.795. The molecule has 0 radical (unpaired) electrons. The molecule has 1 fully saturated rings. The number of benzene rings is 1. The molecule has 1 aliphatic rings. The molecular formula is C14H14N2O2. The molecule has 0 amide bonds. The highest BCUT2D eigenvalue weighted by Gasteiger charge is 2.28. The molecule has 18 heavy (non-hydrogen) atoms. The molecule has 92 valence electrons. The summed E-state index contributed by atoms with van der Waals surface area (Å²) in [6.45, 7) is 1.90. The van der Waals surface area contributed by atoms with Crippen molar-refractivity contribution in [2.75, 3.05) is 0 Å². The number of aromatic hydroxyl groups is 2. The minimum Gasteiger partial charge on any atom is -0.504 e. The zero-order valence-corrected chi connectivity index (χ0v) is 10.1. The van der Waals surface area contributed by atoms with Crippen molar-refractivity contribution in [3.05, 3.63) is 35.7 Å². The minimum absolute atomic E-state index is 0.00565. The summed E-state index contributed by atoms with van der Waals surface area (Å²) in [7, 11) is 0. The molecule has 4 nitrogen and oxygen atoms in total. The van der Waals surface area contributed by atoms with Gasteiger partial charge in [-0.05, 0) is 43.9 Å². The van der Waals surface area contributed by atoms with Gasteiger partial charge in [0.2, 0.25) is 0 Å². The number of nitrogens with zero attached hydrogens (tertiary/aromatic N) is 2. The molecular weight excluding hydrogens is 228 g/mol. The van der Waals surface area contributed by atoms with Crippen LogP contribution in [0.15, 0.2) is 24.4 Å². The van der Waals surface area contributed by atoms with Gasteiger partial charge in [-0.15, -0.1) is 0 Å². The second-order valence-corrected chi connectivity index (χ2v) is 4.73. The van der Waals surface area contributed by atoms with Crippen molar-refractivity contribution in [3.63, 3.8) is 0 Å². The molecule has 1 aromatic heterocycles. The highest BCUT2D eigenvalue weighted by Crippen LogP contribution is 2.48. The van der Waals surface area contributed by atoms with Crippen LogP contribution in [0.25, 0.3) is 11.4 Å². The zero-order chi connectivity index (χ0) is 12.7. The number of hydrogen-bond donors (Lipinski definition) is 2. The van der Waals surface area contributed by atoms with Gasteiger partial charge in [0.25, 0.3) is 0 Å². The van der Waals surface area contributed by atoms with Crippen molar-refractivity contribution in [3.8, 4) is 22.9 Å². The second kappa shape index (κ2) is 3.98. The summed E-state index contributed by atoms with van der Waals surface area (Å²) in [5.41, 5.74) is 2.42. The Morgan fingerprint density at radius 2 is 2.00 bits per heavy atom. The van der Waals surface area contributed by atoms with Crippen molar-refractivity contribution in [2.45, 2.75) is 25.7 Å². The van der Waals surface area contributed by atoms with Crippen molar-refractivity contribution >= 4 is 0 Å². The lowest BCUT2D eigenvalue weighted by atomic mass is 10.0. The van der Waals surface area contributed by atoms with Gasteiger partial charge in [-0.1, -0.05) is 0 Å². The molecule has 4 heteroatoms. The summed E-state index contributed by atoms with van der Waals surface area (Å²) < 4.78 is 0. The van der Waals surface area contributed by atoms with Gasteiger partial charge in [0, 0.05) is 23.0 Å². The molecule has 1 aromatic carbocycles. The third kappa shape index (κ3) is 1.90. The largest absolute Gasteiger partial charge is 0.504 e. The fourth-order valence-corrected chi connectivity index (χ4v) is 2.06. The van der Waals surface area contributed by atoms with Crippen LogP contribution in [-0.2, 0) is 0 Å². The van der Waals surface area contributed by atoms with Gasteiger partial charge in [0.1, 0.15) is 0 Å². The van der Waals surface area contributed by atoms with Gasteiger partial charge in [-0.2, -0.15) is 0 Å². The van der Waals surface area contributed by atoms with Gasteiger partial charge in [-0.3, -0.25) is 0 Å². The fraction of sp³-hybridized carbons (Fsp3) is 0.286. The number of aryl methyl sites for hydroxylation is 1. The Morgan fingerprint density at radius 1 is 1.22 bits per heavy atom. The Bertz CT molecular complexity index is 607. The average molecular weight is 242 g/mol. The maximum absolute atomic E-state index is 9.84. The molecule has 1 saturated carbocycles. The molecule has 0 atom stereocenters. The maximum Gasteiger partial charge on any atom is 0.160 e. The number of hydrogen-bond acceptors (Lipinski definition) is 4. The number of phenols is 2. The molecule has 0 aliphatic heterocycles. The van der Waals surface area contributed by atoms with E-state index in [1.807, 2.05) is 19.1 Å². The molecule has 2 N–H and O–H groups in total. The molecule has 1 heterocycles. The Kier molecular flexibility index (Phi) is 2.44. The summed E-state index contributed by atoms with van der Waals surface area (Å²) in [4.78, 5) is 8.53. The van der Waals surface area contributed by atoms with Gasteiger partial charge in [-0.25, -0.2) is 9.97 Å². The summed E-state index contributed by atoms with van der Waals surface area (Å²) in [5.74, 6) is 0.835. The SMILES string of the molecule is Cc1ccnc(-c2cc(O)c(O)c(C3CC3)c2)n1. The van der Waals surface area contributed by atoms with E-state index in [0.717, 1.165) is 29.7 Å². The normalized spacial score (nSPS) is 14.7. The third-order valence-corrected chi connectivity index (χ3v) is 3.19. The van der Waals surface area contributed by atoms with E-state index < -0.39 is 0 Å². The predicted octanol–water partition coefficient (Wildman–Crippen LogP) is 2.74. The molecule has 0 bridgehead atoms. The topological polar surface area (TPSA) is 66.2 Å². The van der Waals surface area contributed by atoms with Gasteiger partial charge in [0.05, 0.1) is 0 Å². The molecule has 0 spiro atoms. The smallest absolute Gasteiger partial charge is 0.160 e. The van der Waals surface area contributed by atoms with E-state index in [1.54, 1.807) is 6.20 Å². The molecule has 0 unspecified atom stereocenters.